The molecule has 1 aliphatic carbocycles. The van der Waals surface area contributed by atoms with E-state index in [2.05, 4.69) is 16.0 Å². The van der Waals surface area contributed by atoms with Crippen molar-refractivity contribution in [2.24, 2.45) is 0 Å². The van der Waals surface area contributed by atoms with E-state index in [1.54, 1.807) is 4.90 Å². The van der Waals surface area contributed by atoms with Gasteiger partial charge in [0.25, 0.3) is 0 Å². The van der Waals surface area contributed by atoms with Gasteiger partial charge in [-0.05, 0) is 37.8 Å². The molecular weight excluding hydrogens is 384 g/mol. The van der Waals surface area contributed by atoms with Crippen molar-refractivity contribution in [2.45, 2.75) is 63.5 Å². The maximum absolute atomic E-state index is 12.6. The minimum Gasteiger partial charge on any atom is -0.490 e. The maximum Gasteiger partial charge on any atom is 0.321 e. The van der Waals surface area contributed by atoms with Gasteiger partial charge in [0, 0.05) is 43.3 Å². The Morgan fingerprint density at radius 1 is 0.833 bits per heavy atom. The number of benzene rings is 1. The quantitative estimate of drug-likeness (QED) is 0.703. The minimum atomic E-state index is -0.130. The van der Waals surface area contributed by atoms with Crippen molar-refractivity contribution < 1.29 is 19.1 Å². The average Bonchev–Trinajstić information content (AvgIpc) is 3.00. The molecule has 0 bridgehead atoms. The molecule has 3 N–H and O–H groups in total. The fraction of sp³-hybridized carbons (Fsp3) is 0.636. The molecule has 1 saturated heterocycles. The van der Waals surface area contributed by atoms with E-state index in [-0.39, 0.29) is 18.1 Å². The van der Waals surface area contributed by atoms with Crippen molar-refractivity contribution in [3.05, 3.63) is 18.2 Å². The molecule has 0 spiro atoms. The number of ether oxygens (including phenoxy) is 2. The lowest BCUT2D eigenvalue weighted by molar-refractivity contribution is 0.186. The van der Waals surface area contributed by atoms with Gasteiger partial charge in [0.2, 0.25) is 0 Å². The van der Waals surface area contributed by atoms with Crippen LogP contribution in [0.5, 0.6) is 11.5 Å². The van der Waals surface area contributed by atoms with Crippen molar-refractivity contribution in [1.29, 1.82) is 0 Å². The Morgan fingerprint density at radius 2 is 1.50 bits per heavy atom. The average molecular weight is 417 g/mol. The molecule has 1 saturated carbocycles. The van der Waals surface area contributed by atoms with Gasteiger partial charge in [0.15, 0.2) is 11.5 Å². The zero-order valence-electron chi connectivity index (χ0n) is 17.5. The topological polar surface area (TPSA) is 91.9 Å². The van der Waals surface area contributed by atoms with Crippen molar-refractivity contribution in [3.8, 4) is 11.5 Å². The van der Waals surface area contributed by atoms with Crippen LogP contribution in [0.3, 0.4) is 0 Å². The molecule has 0 unspecified atom stereocenters. The summed E-state index contributed by atoms with van der Waals surface area (Å²) in [6, 6.07) is 5.68. The van der Waals surface area contributed by atoms with Crippen molar-refractivity contribution in [1.82, 2.24) is 15.5 Å². The first-order valence-electron chi connectivity index (χ1n) is 11.2. The van der Waals surface area contributed by atoms with E-state index in [1.165, 1.54) is 19.3 Å². The number of carbonyl (C=O) groups is 2. The molecule has 4 amide bonds. The third-order valence-corrected chi connectivity index (χ3v) is 6.06. The van der Waals surface area contributed by atoms with Gasteiger partial charge in [-0.1, -0.05) is 19.3 Å². The summed E-state index contributed by atoms with van der Waals surface area (Å²) in [5.74, 6) is 1.38. The molecule has 8 heteroatoms. The number of hydrogen-bond acceptors (Lipinski definition) is 4. The molecule has 2 aliphatic heterocycles. The predicted octanol–water partition coefficient (Wildman–Crippen LogP) is 3.48. The molecule has 30 heavy (non-hydrogen) atoms. The van der Waals surface area contributed by atoms with E-state index >= 15 is 0 Å². The molecule has 1 aromatic rings. The molecule has 1 aromatic carbocycles. The molecule has 2 fully saturated rings. The van der Waals surface area contributed by atoms with Crippen LogP contribution in [-0.4, -0.2) is 55.3 Å². The Labute approximate surface area is 177 Å². The minimum absolute atomic E-state index is 0.0722. The van der Waals surface area contributed by atoms with Crippen molar-refractivity contribution >= 4 is 17.7 Å². The van der Waals surface area contributed by atoms with E-state index in [1.807, 2.05) is 18.2 Å². The van der Waals surface area contributed by atoms with Gasteiger partial charge in [-0.2, -0.15) is 0 Å². The van der Waals surface area contributed by atoms with Crippen LogP contribution in [0.1, 0.15) is 51.4 Å². The number of amides is 4. The Hall–Kier alpha value is -2.64. The second-order valence-electron chi connectivity index (χ2n) is 8.36. The summed E-state index contributed by atoms with van der Waals surface area (Å²) in [4.78, 5) is 26.7. The molecule has 0 radical (unpaired) electrons. The van der Waals surface area contributed by atoms with Gasteiger partial charge < -0.3 is 30.3 Å². The maximum atomic E-state index is 12.6. The second kappa shape index (κ2) is 9.91. The lowest BCUT2D eigenvalue weighted by atomic mass is 9.96. The van der Waals surface area contributed by atoms with Gasteiger partial charge >= 0.3 is 12.1 Å². The molecule has 3 aliphatic rings. The number of nitrogens with one attached hydrogen (secondary N) is 3. The number of rotatable bonds is 3. The van der Waals surface area contributed by atoms with Gasteiger partial charge in [-0.15, -0.1) is 0 Å². The first-order chi connectivity index (χ1) is 14.7. The van der Waals surface area contributed by atoms with Gasteiger partial charge in [0.1, 0.15) is 0 Å². The number of piperidine rings is 1. The summed E-state index contributed by atoms with van der Waals surface area (Å²) in [5, 5.41) is 9.12. The molecular formula is C22H32N4O4. The van der Waals surface area contributed by atoms with Crippen LogP contribution in [0.15, 0.2) is 18.2 Å². The highest BCUT2D eigenvalue weighted by molar-refractivity contribution is 5.89. The number of urea groups is 2. The molecule has 8 nitrogen and oxygen atoms in total. The second-order valence-corrected chi connectivity index (χ2v) is 8.36. The zero-order valence-corrected chi connectivity index (χ0v) is 17.5. The highest BCUT2D eigenvalue weighted by atomic mass is 16.5. The van der Waals surface area contributed by atoms with Crippen LogP contribution < -0.4 is 25.4 Å². The van der Waals surface area contributed by atoms with Crippen LogP contribution in [0.25, 0.3) is 0 Å². The summed E-state index contributed by atoms with van der Waals surface area (Å²) in [6.07, 6.45) is 8.17. The first-order valence-corrected chi connectivity index (χ1v) is 11.2. The lowest BCUT2D eigenvalue weighted by Crippen LogP contribution is -2.51. The Bertz CT molecular complexity index is 743. The highest BCUT2D eigenvalue weighted by Gasteiger charge is 2.25. The summed E-state index contributed by atoms with van der Waals surface area (Å²) < 4.78 is 11.3. The van der Waals surface area contributed by atoms with Crippen molar-refractivity contribution in [3.63, 3.8) is 0 Å². The third-order valence-electron chi connectivity index (χ3n) is 6.06. The van der Waals surface area contributed by atoms with Gasteiger partial charge in [0.05, 0.1) is 13.2 Å². The van der Waals surface area contributed by atoms with E-state index in [4.69, 9.17) is 9.47 Å². The van der Waals surface area contributed by atoms with E-state index in [9.17, 15) is 9.59 Å². The molecule has 2 heterocycles. The normalized spacial score (nSPS) is 20.2. The fourth-order valence-electron chi connectivity index (χ4n) is 4.33. The Balaban J connectivity index is 1.21. The lowest BCUT2D eigenvalue weighted by Gasteiger charge is -2.33. The third kappa shape index (κ3) is 5.49. The molecule has 4 rings (SSSR count). The van der Waals surface area contributed by atoms with Gasteiger partial charge in [-0.3, -0.25) is 0 Å². The molecule has 0 atom stereocenters. The van der Waals surface area contributed by atoms with Crippen LogP contribution in [0.4, 0.5) is 15.3 Å². The number of hydrogen-bond donors (Lipinski definition) is 3. The SMILES string of the molecule is O=C(NC1CCCCC1)NC1CCN(C(=O)Nc2ccc3c(c2)OCCCO3)CC1. The Kier molecular flexibility index (Phi) is 6.81. The first kappa shape index (κ1) is 20.6. The van der Waals surface area contributed by atoms with Crippen LogP contribution >= 0.6 is 0 Å². The van der Waals surface area contributed by atoms with E-state index in [0.29, 0.717) is 49.5 Å². The predicted molar refractivity (Wildman–Crippen MR) is 114 cm³/mol. The number of carbonyl (C=O) groups excluding carboxylic acids is 2. The van der Waals surface area contributed by atoms with Crippen LogP contribution in [0, 0.1) is 0 Å². The smallest absolute Gasteiger partial charge is 0.321 e. The summed E-state index contributed by atoms with van der Waals surface area (Å²) in [7, 11) is 0. The van der Waals surface area contributed by atoms with Crippen LogP contribution in [0.2, 0.25) is 0 Å². The number of nitrogens with zero attached hydrogens (tertiary/aromatic N) is 1. The van der Waals surface area contributed by atoms with E-state index < -0.39 is 0 Å². The largest absolute Gasteiger partial charge is 0.490 e. The summed E-state index contributed by atoms with van der Waals surface area (Å²) in [5.41, 5.74) is 0.691. The monoisotopic (exact) mass is 416 g/mol. The number of anilines is 1. The van der Waals surface area contributed by atoms with Crippen LogP contribution in [-0.2, 0) is 0 Å². The molecule has 0 aromatic heterocycles. The highest BCUT2D eigenvalue weighted by Crippen LogP contribution is 2.32. The standard InChI is InChI=1S/C22H32N4O4/c27-21(23-16-5-2-1-3-6-16)24-17-9-11-26(12-10-17)22(28)25-18-7-8-19-20(15-18)30-14-4-13-29-19/h7-8,15-17H,1-6,9-14H2,(H,25,28)(H2,23,24,27). The summed E-state index contributed by atoms with van der Waals surface area (Å²) >= 11 is 0. The van der Waals surface area contributed by atoms with E-state index in [0.717, 1.165) is 32.1 Å². The summed E-state index contributed by atoms with van der Waals surface area (Å²) in [6.45, 7) is 2.48. The zero-order chi connectivity index (χ0) is 20.8. The number of likely N-dealkylation sites (tertiary alicyclic amines) is 1. The number of fused-ring (bicyclic) bond motifs is 1. The Morgan fingerprint density at radius 3 is 2.23 bits per heavy atom. The van der Waals surface area contributed by atoms with Crippen molar-refractivity contribution in [2.75, 3.05) is 31.6 Å². The fourth-order valence-corrected chi connectivity index (χ4v) is 4.33. The van der Waals surface area contributed by atoms with Gasteiger partial charge in [-0.25, -0.2) is 9.59 Å². The molecule has 164 valence electrons.